The summed E-state index contributed by atoms with van der Waals surface area (Å²) in [6, 6.07) is 5.78. The molecule has 21 heavy (non-hydrogen) atoms. The quantitative estimate of drug-likeness (QED) is 0.787. The zero-order valence-electron chi connectivity index (χ0n) is 10.5. The second kappa shape index (κ2) is 6.48. The number of thiophene rings is 1. The lowest BCUT2D eigenvalue weighted by atomic mass is 10.2. The van der Waals surface area contributed by atoms with Gasteiger partial charge in [-0.05, 0) is 40.2 Å². The minimum Gasteiger partial charge on any atom is -0.333 e. The fraction of sp³-hybridized carbons (Fsp3) is 0.154. The summed E-state index contributed by atoms with van der Waals surface area (Å²) in [5.74, 6) is 0. The van der Waals surface area contributed by atoms with E-state index in [0.29, 0.717) is 6.54 Å². The molecule has 1 aromatic carbocycles. The molecule has 0 radical (unpaired) electrons. The molecule has 0 aliphatic rings. The lowest BCUT2D eigenvalue weighted by molar-refractivity contribution is -0.137. The van der Waals surface area contributed by atoms with E-state index in [4.69, 9.17) is 0 Å². The molecule has 0 aliphatic carbocycles. The van der Waals surface area contributed by atoms with Crippen LogP contribution in [-0.2, 0) is 12.7 Å². The molecule has 1 aromatic heterocycles. The number of nitrogens with one attached hydrogen (secondary N) is 2. The largest absolute Gasteiger partial charge is 0.416 e. The maximum Gasteiger partial charge on any atom is 0.416 e. The smallest absolute Gasteiger partial charge is 0.333 e. The first kappa shape index (κ1) is 15.8. The molecule has 0 unspecified atom stereocenters. The predicted molar refractivity (Wildman–Crippen MR) is 79.3 cm³/mol. The van der Waals surface area contributed by atoms with Crippen LogP contribution < -0.4 is 10.6 Å². The highest BCUT2D eigenvalue weighted by molar-refractivity contribution is 9.10. The van der Waals surface area contributed by atoms with Gasteiger partial charge in [0.2, 0.25) is 0 Å². The zero-order valence-corrected chi connectivity index (χ0v) is 12.9. The van der Waals surface area contributed by atoms with Crippen molar-refractivity contribution in [2.75, 3.05) is 5.32 Å². The minimum atomic E-state index is -4.43. The van der Waals surface area contributed by atoms with Gasteiger partial charge in [0.05, 0.1) is 12.1 Å². The molecule has 2 aromatic rings. The van der Waals surface area contributed by atoms with Crippen molar-refractivity contribution in [3.05, 3.63) is 50.6 Å². The molecule has 0 saturated heterocycles. The molecule has 2 amide bonds. The standard InChI is InChI=1S/C13H10BrF3N2OS/c14-9-5-11(21-7-9)6-18-12(20)19-10-3-1-2-8(4-10)13(15,16)17/h1-5,7H,6H2,(H2,18,19,20). The van der Waals surface area contributed by atoms with E-state index in [1.165, 1.54) is 23.5 Å². The van der Waals surface area contributed by atoms with Crippen molar-refractivity contribution >= 4 is 39.0 Å². The van der Waals surface area contributed by atoms with Gasteiger partial charge < -0.3 is 10.6 Å². The van der Waals surface area contributed by atoms with E-state index in [9.17, 15) is 18.0 Å². The van der Waals surface area contributed by atoms with Crippen LogP contribution in [0, 0.1) is 0 Å². The van der Waals surface area contributed by atoms with Gasteiger partial charge in [0, 0.05) is 20.4 Å². The Balaban J connectivity index is 1.93. The van der Waals surface area contributed by atoms with Gasteiger partial charge in [0.25, 0.3) is 0 Å². The summed E-state index contributed by atoms with van der Waals surface area (Å²) in [4.78, 5) is 12.6. The molecule has 0 fully saturated rings. The molecule has 2 N–H and O–H groups in total. The summed E-state index contributed by atoms with van der Waals surface area (Å²) in [7, 11) is 0. The van der Waals surface area contributed by atoms with Gasteiger partial charge >= 0.3 is 12.2 Å². The van der Waals surface area contributed by atoms with Gasteiger partial charge in [0.1, 0.15) is 0 Å². The number of carbonyl (C=O) groups excluding carboxylic acids is 1. The van der Waals surface area contributed by atoms with Crippen LogP contribution in [0.4, 0.5) is 23.7 Å². The average molecular weight is 379 g/mol. The number of carbonyl (C=O) groups is 1. The Morgan fingerprint density at radius 3 is 2.67 bits per heavy atom. The van der Waals surface area contributed by atoms with Crippen molar-refractivity contribution < 1.29 is 18.0 Å². The van der Waals surface area contributed by atoms with Gasteiger partial charge in [-0.2, -0.15) is 13.2 Å². The van der Waals surface area contributed by atoms with E-state index >= 15 is 0 Å². The Bertz CT molecular complexity index is 642. The molecule has 0 atom stereocenters. The molecule has 0 aliphatic heterocycles. The average Bonchev–Trinajstić information content (AvgIpc) is 2.82. The van der Waals surface area contributed by atoms with Crippen LogP contribution in [-0.4, -0.2) is 6.03 Å². The Labute approximate surface area is 131 Å². The van der Waals surface area contributed by atoms with Crippen molar-refractivity contribution in [3.8, 4) is 0 Å². The molecular formula is C13H10BrF3N2OS. The van der Waals surface area contributed by atoms with E-state index in [0.717, 1.165) is 21.5 Å². The van der Waals surface area contributed by atoms with Crippen LogP contribution in [0.5, 0.6) is 0 Å². The molecule has 2 rings (SSSR count). The third kappa shape index (κ3) is 4.75. The fourth-order valence-electron chi connectivity index (χ4n) is 1.56. The van der Waals surface area contributed by atoms with E-state index in [-0.39, 0.29) is 5.69 Å². The van der Waals surface area contributed by atoms with Crippen LogP contribution >= 0.6 is 27.3 Å². The third-order valence-electron chi connectivity index (χ3n) is 2.49. The fourth-order valence-corrected chi connectivity index (χ4v) is 2.95. The third-order valence-corrected chi connectivity index (χ3v) is 4.19. The Kier molecular flexibility index (Phi) is 4.89. The maximum absolute atomic E-state index is 12.5. The maximum atomic E-state index is 12.5. The number of alkyl halides is 3. The summed E-state index contributed by atoms with van der Waals surface area (Å²) in [6.45, 7) is 0.307. The molecule has 0 bridgehead atoms. The molecule has 112 valence electrons. The highest BCUT2D eigenvalue weighted by Gasteiger charge is 2.30. The number of amides is 2. The normalized spacial score (nSPS) is 11.2. The zero-order chi connectivity index (χ0) is 15.5. The monoisotopic (exact) mass is 378 g/mol. The van der Waals surface area contributed by atoms with Gasteiger partial charge in [-0.1, -0.05) is 6.07 Å². The molecule has 0 spiro atoms. The van der Waals surface area contributed by atoms with E-state index in [2.05, 4.69) is 26.6 Å². The number of halogens is 4. The Morgan fingerprint density at radius 2 is 2.05 bits per heavy atom. The number of benzene rings is 1. The van der Waals surface area contributed by atoms with Gasteiger partial charge in [0.15, 0.2) is 0 Å². The number of hydrogen-bond acceptors (Lipinski definition) is 2. The highest BCUT2D eigenvalue weighted by Crippen LogP contribution is 2.30. The summed E-state index contributed by atoms with van der Waals surface area (Å²) in [5, 5.41) is 6.83. The highest BCUT2D eigenvalue weighted by atomic mass is 79.9. The summed E-state index contributed by atoms with van der Waals surface area (Å²) in [6.07, 6.45) is -4.43. The van der Waals surface area contributed by atoms with Crippen LogP contribution in [0.1, 0.15) is 10.4 Å². The first-order valence-electron chi connectivity index (χ1n) is 5.79. The molecule has 1 heterocycles. The van der Waals surface area contributed by atoms with Crippen LogP contribution in [0.3, 0.4) is 0 Å². The van der Waals surface area contributed by atoms with Gasteiger partial charge in [-0.3, -0.25) is 0 Å². The lowest BCUT2D eigenvalue weighted by Gasteiger charge is -2.10. The van der Waals surface area contributed by atoms with Crippen LogP contribution in [0.25, 0.3) is 0 Å². The van der Waals surface area contributed by atoms with Crippen molar-refractivity contribution in [2.45, 2.75) is 12.7 Å². The lowest BCUT2D eigenvalue weighted by Crippen LogP contribution is -2.27. The van der Waals surface area contributed by atoms with Gasteiger partial charge in [-0.25, -0.2) is 4.79 Å². The molecular weight excluding hydrogens is 369 g/mol. The summed E-state index contributed by atoms with van der Waals surface area (Å²) < 4.78 is 38.6. The Hall–Kier alpha value is -1.54. The van der Waals surface area contributed by atoms with E-state index in [1.807, 2.05) is 11.4 Å². The first-order valence-corrected chi connectivity index (χ1v) is 7.47. The minimum absolute atomic E-state index is 0.0923. The van der Waals surface area contributed by atoms with E-state index < -0.39 is 17.8 Å². The Morgan fingerprint density at radius 1 is 1.29 bits per heavy atom. The van der Waals surface area contributed by atoms with Crippen molar-refractivity contribution in [3.63, 3.8) is 0 Å². The summed E-state index contributed by atoms with van der Waals surface area (Å²) in [5.41, 5.74) is -0.711. The van der Waals surface area contributed by atoms with Crippen molar-refractivity contribution in [1.29, 1.82) is 0 Å². The number of hydrogen-bond donors (Lipinski definition) is 2. The van der Waals surface area contributed by atoms with Crippen LogP contribution in [0.15, 0.2) is 40.2 Å². The molecule has 8 heteroatoms. The van der Waals surface area contributed by atoms with Gasteiger partial charge in [-0.15, -0.1) is 11.3 Å². The molecule has 3 nitrogen and oxygen atoms in total. The van der Waals surface area contributed by atoms with Crippen LogP contribution in [0.2, 0.25) is 0 Å². The van der Waals surface area contributed by atoms with E-state index in [1.54, 1.807) is 0 Å². The number of rotatable bonds is 3. The first-order chi connectivity index (χ1) is 9.84. The summed E-state index contributed by atoms with van der Waals surface area (Å²) >= 11 is 4.76. The second-order valence-corrected chi connectivity index (χ2v) is 6.03. The molecule has 0 saturated carbocycles. The van der Waals surface area contributed by atoms with Crippen molar-refractivity contribution in [1.82, 2.24) is 5.32 Å². The predicted octanol–water partition coefficient (Wildman–Crippen LogP) is 4.85. The number of urea groups is 1. The topological polar surface area (TPSA) is 41.1 Å². The van der Waals surface area contributed by atoms with Crippen molar-refractivity contribution in [2.24, 2.45) is 0 Å². The second-order valence-electron chi connectivity index (χ2n) is 4.12. The number of anilines is 1. The SMILES string of the molecule is O=C(NCc1cc(Br)cs1)Nc1cccc(C(F)(F)F)c1.